The first-order valence-electron chi connectivity index (χ1n) is 5.13. The molecule has 2 rings (SSSR count). The summed E-state index contributed by atoms with van der Waals surface area (Å²) in [4.78, 5) is 10.8. The number of ether oxygens (including phenoxy) is 1. The summed E-state index contributed by atoms with van der Waals surface area (Å²) < 4.78 is 29.2. The molecule has 92 valence electrons. The van der Waals surface area contributed by atoms with Gasteiger partial charge in [0.2, 0.25) is 0 Å². The van der Waals surface area contributed by atoms with Crippen LogP contribution in [0.15, 0.2) is 29.2 Å². The summed E-state index contributed by atoms with van der Waals surface area (Å²) in [6.45, 7) is 0.369. The van der Waals surface area contributed by atoms with Gasteiger partial charge in [-0.25, -0.2) is 8.42 Å². The van der Waals surface area contributed by atoms with Gasteiger partial charge in [-0.3, -0.25) is 4.79 Å². The van der Waals surface area contributed by atoms with E-state index in [1.165, 1.54) is 12.1 Å². The molecular formula is C11H12O5S. The van der Waals surface area contributed by atoms with Crippen molar-refractivity contribution < 1.29 is 23.1 Å². The van der Waals surface area contributed by atoms with Gasteiger partial charge in [0.15, 0.2) is 9.84 Å². The molecule has 0 bridgehead atoms. The zero-order valence-corrected chi connectivity index (χ0v) is 9.81. The van der Waals surface area contributed by atoms with Crippen LogP contribution in [0.5, 0.6) is 0 Å². The fourth-order valence-electron chi connectivity index (χ4n) is 1.66. The molecule has 0 spiro atoms. The Balaban J connectivity index is 2.40. The average molecular weight is 256 g/mol. The van der Waals surface area contributed by atoms with E-state index in [-0.39, 0.29) is 24.5 Å². The number of carboxylic acids is 1. The molecule has 0 amide bonds. The third-order valence-corrected chi connectivity index (χ3v) is 4.83. The molecule has 0 aliphatic carbocycles. The third-order valence-electron chi connectivity index (χ3n) is 2.67. The zero-order valence-electron chi connectivity index (χ0n) is 9.00. The van der Waals surface area contributed by atoms with E-state index in [1.807, 2.05) is 0 Å². The Morgan fingerprint density at radius 1 is 1.35 bits per heavy atom. The molecule has 17 heavy (non-hydrogen) atoms. The van der Waals surface area contributed by atoms with Crippen molar-refractivity contribution in [3.63, 3.8) is 0 Å². The van der Waals surface area contributed by atoms with Crippen molar-refractivity contribution in [1.82, 2.24) is 0 Å². The van der Waals surface area contributed by atoms with Crippen molar-refractivity contribution in [1.29, 1.82) is 0 Å². The van der Waals surface area contributed by atoms with E-state index in [0.717, 1.165) is 0 Å². The number of benzene rings is 1. The average Bonchev–Trinajstić information content (AvgIpc) is 2.13. The van der Waals surface area contributed by atoms with Crippen molar-refractivity contribution in [3.05, 3.63) is 29.8 Å². The highest BCUT2D eigenvalue weighted by Crippen LogP contribution is 2.24. The summed E-state index contributed by atoms with van der Waals surface area (Å²) in [5.74, 6) is -1.04. The normalized spacial score (nSPS) is 16.5. The summed E-state index contributed by atoms with van der Waals surface area (Å²) in [5, 5.41) is 8.20. The van der Waals surface area contributed by atoms with E-state index in [4.69, 9.17) is 9.84 Å². The van der Waals surface area contributed by atoms with E-state index in [0.29, 0.717) is 5.56 Å². The smallest absolute Gasteiger partial charge is 0.307 e. The number of aliphatic carboxylic acids is 1. The molecule has 6 heteroatoms. The summed E-state index contributed by atoms with van der Waals surface area (Å²) >= 11 is 0. The van der Waals surface area contributed by atoms with Gasteiger partial charge in [0.05, 0.1) is 24.5 Å². The van der Waals surface area contributed by atoms with Crippen LogP contribution < -0.4 is 0 Å². The van der Waals surface area contributed by atoms with E-state index in [9.17, 15) is 13.2 Å². The maximum absolute atomic E-state index is 12.1. The first-order valence-corrected chi connectivity index (χ1v) is 6.68. The third kappa shape index (κ3) is 2.32. The van der Waals surface area contributed by atoms with Gasteiger partial charge in [0, 0.05) is 0 Å². The fourth-order valence-corrected chi connectivity index (χ4v) is 3.35. The van der Waals surface area contributed by atoms with E-state index < -0.39 is 21.1 Å². The molecule has 0 atom stereocenters. The Morgan fingerprint density at radius 3 is 2.53 bits per heavy atom. The molecule has 1 aliphatic rings. The van der Waals surface area contributed by atoms with Crippen LogP contribution in [0.3, 0.4) is 0 Å². The molecule has 0 saturated carbocycles. The Labute approximate surface area is 98.9 Å². The van der Waals surface area contributed by atoms with Crippen molar-refractivity contribution in [2.45, 2.75) is 16.6 Å². The molecule has 1 heterocycles. The maximum atomic E-state index is 12.1. The maximum Gasteiger partial charge on any atom is 0.307 e. The Kier molecular flexibility index (Phi) is 3.17. The van der Waals surface area contributed by atoms with Crippen LogP contribution in [-0.2, 0) is 25.8 Å². The van der Waals surface area contributed by atoms with Crippen LogP contribution >= 0.6 is 0 Å². The van der Waals surface area contributed by atoms with Crippen LogP contribution in [0.2, 0.25) is 0 Å². The second-order valence-electron chi connectivity index (χ2n) is 3.88. The number of rotatable bonds is 4. The number of sulfone groups is 1. The quantitative estimate of drug-likeness (QED) is 0.847. The Morgan fingerprint density at radius 2 is 2.00 bits per heavy atom. The van der Waals surface area contributed by atoms with Gasteiger partial charge in [-0.1, -0.05) is 18.2 Å². The highest BCUT2D eigenvalue weighted by molar-refractivity contribution is 7.92. The minimum atomic E-state index is -3.47. The lowest BCUT2D eigenvalue weighted by atomic mass is 10.1. The molecule has 0 radical (unpaired) electrons. The van der Waals surface area contributed by atoms with Gasteiger partial charge < -0.3 is 9.84 Å². The second-order valence-corrected chi connectivity index (χ2v) is 6.08. The SMILES string of the molecule is O=C(O)Cc1ccccc1S(=O)(=O)C1COC1. The Bertz CT molecular complexity index is 531. The predicted molar refractivity (Wildman–Crippen MR) is 59.6 cm³/mol. The molecule has 0 aromatic heterocycles. The lowest BCUT2D eigenvalue weighted by Crippen LogP contribution is -2.41. The molecule has 1 saturated heterocycles. The van der Waals surface area contributed by atoms with Crippen LogP contribution in [0.4, 0.5) is 0 Å². The summed E-state index contributed by atoms with van der Waals surface area (Å²) in [7, 11) is -3.47. The number of hydrogen-bond acceptors (Lipinski definition) is 4. The van der Waals surface area contributed by atoms with Crippen LogP contribution in [-0.4, -0.2) is 38.0 Å². The molecule has 1 aromatic carbocycles. The van der Waals surface area contributed by atoms with Crippen molar-refractivity contribution >= 4 is 15.8 Å². The minimum absolute atomic E-state index is 0.107. The largest absolute Gasteiger partial charge is 0.481 e. The number of hydrogen-bond donors (Lipinski definition) is 1. The van der Waals surface area contributed by atoms with Gasteiger partial charge in [0.25, 0.3) is 0 Å². The van der Waals surface area contributed by atoms with Gasteiger partial charge in [-0.2, -0.15) is 0 Å². The Hall–Kier alpha value is -1.40. The standard InChI is InChI=1S/C11H12O5S/c12-11(13)5-8-3-1-2-4-10(8)17(14,15)9-6-16-7-9/h1-4,9H,5-7H2,(H,12,13). The zero-order chi connectivity index (χ0) is 12.5. The number of carboxylic acid groups (broad SMARTS) is 1. The lowest BCUT2D eigenvalue weighted by Gasteiger charge is -2.26. The molecule has 1 fully saturated rings. The highest BCUT2D eigenvalue weighted by Gasteiger charge is 2.35. The minimum Gasteiger partial charge on any atom is -0.481 e. The second kappa shape index (κ2) is 4.46. The summed E-state index contributed by atoms with van der Waals surface area (Å²) in [6, 6.07) is 6.21. The molecule has 0 unspecified atom stereocenters. The summed E-state index contributed by atoms with van der Waals surface area (Å²) in [5.41, 5.74) is 0.326. The highest BCUT2D eigenvalue weighted by atomic mass is 32.2. The van der Waals surface area contributed by atoms with Crippen LogP contribution in [0.25, 0.3) is 0 Å². The van der Waals surface area contributed by atoms with E-state index in [1.54, 1.807) is 12.1 Å². The molecule has 5 nitrogen and oxygen atoms in total. The van der Waals surface area contributed by atoms with Crippen LogP contribution in [0, 0.1) is 0 Å². The first kappa shape index (κ1) is 12.1. The predicted octanol–water partition coefficient (Wildman–Crippen LogP) is 0.486. The molecule has 1 N–H and O–H groups in total. The fraction of sp³-hybridized carbons (Fsp3) is 0.364. The van der Waals surface area contributed by atoms with E-state index in [2.05, 4.69) is 0 Å². The van der Waals surface area contributed by atoms with Crippen molar-refractivity contribution in [2.75, 3.05) is 13.2 Å². The number of carbonyl (C=O) groups is 1. The summed E-state index contributed by atoms with van der Waals surface area (Å²) in [6.07, 6.45) is -0.289. The molecular weight excluding hydrogens is 244 g/mol. The van der Waals surface area contributed by atoms with Gasteiger partial charge >= 0.3 is 5.97 Å². The van der Waals surface area contributed by atoms with Crippen LogP contribution in [0.1, 0.15) is 5.56 Å². The van der Waals surface area contributed by atoms with Gasteiger partial charge in [-0.05, 0) is 11.6 Å². The van der Waals surface area contributed by atoms with Crippen molar-refractivity contribution in [2.24, 2.45) is 0 Å². The molecule has 1 aliphatic heterocycles. The first-order chi connectivity index (χ1) is 8.01. The monoisotopic (exact) mass is 256 g/mol. The van der Waals surface area contributed by atoms with Gasteiger partial charge in [-0.15, -0.1) is 0 Å². The van der Waals surface area contributed by atoms with E-state index >= 15 is 0 Å². The van der Waals surface area contributed by atoms with Gasteiger partial charge in [0.1, 0.15) is 5.25 Å². The van der Waals surface area contributed by atoms with Crippen molar-refractivity contribution in [3.8, 4) is 0 Å². The lowest BCUT2D eigenvalue weighted by molar-refractivity contribution is -0.136. The molecule has 1 aromatic rings. The topological polar surface area (TPSA) is 80.7 Å².